The van der Waals surface area contributed by atoms with Crippen molar-refractivity contribution < 1.29 is 14.3 Å². The van der Waals surface area contributed by atoms with Crippen LogP contribution in [0.25, 0.3) is 11.3 Å². The number of ether oxygens (including phenoxy) is 2. The fraction of sp³-hybridized carbons (Fsp3) is 0.158. The minimum Gasteiger partial charge on any atom is -0.454 e. The maximum atomic E-state index is 12.5. The molecule has 0 fully saturated rings. The molecule has 1 aromatic heterocycles. The molecule has 0 aliphatic carbocycles. The second-order valence-corrected chi connectivity index (χ2v) is 5.84. The fourth-order valence-electron chi connectivity index (χ4n) is 2.74. The minimum atomic E-state index is -0.208. The van der Waals surface area contributed by atoms with E-state index in [0.29, 0.717) is 11.4 Å². The molecule has 6 nitrogen and oxygen atoms in total. The number of amides is 1. The van der Waals surface area contributed by atoms with Gasteiger partial charge in [0.15, 0.2) is 11.5 Å². The van der Waals surface area contributed by atoms with Crippen LogP contribution in [0.3, 0.4) is 0 Å². The van der Waals surface area contributed by atoms with Gasteiger partial charge in [-0.1, -0.05) is 36.4 Å². The van der Waals surface area contributed by atoms with E-state index in [1.54, 1.807) is 6.07 Å². The molecule has 1 atom stereocenters. The molecule has 0 unspecified atom stereocenters. The van der Waals surface area contributed by atoms with Gasteiger partial charge in [-0.3, -0.25) is 9.89 Å². The molecular formula is C19H17N3O3. The standard InChI is InChI=1S/C19H17N3O3/c1-12(14-7-8-17-18(9-14)25-11-24-17)20-19(23)16-10-15(21-22-16)13-5-3-2-4-6-13/h2-10,12H,11H2,1H3,(H,20,23)(H,21,22)/t12-/m1/s1. The van der Waals surface area contributed by atoms with Crippen molar-refractivity contribution in [1.29, 1.82) is 0 Å². The highest BCUT2D eigenvalue weighted by atomic mass is 16.7. The van der Waals surface area contributed by atoms with E-state index >= 15 is 0 Å². The summed E-state index contributed by atoms with van der Waals surface area (Å²) in [4.78, 5) is 12.5. The highest BCUT2D eigenvalue weighted by molar-refractivity contribution is 5.93. The molecule has 25 heavy (non-hydrogen) atoms. The lowest BCUT2D eigenvalue weighted by molar-refractivity contribution is 0.0934. The lowest BCUT2D eigenvalue weighted by Gasteiger charge is -2.14. The normalized spacial score (nSPS) is 13.5. The van der Waals surface area contributed by atoms with Crippen LogP contribution < -0.4 is 14.8 Å². The Morgan fingerprint density at radius 3 is 2.76 bits per heavy atom. The summed E-state index contributed by atoms with van der Waals surface area (Å²) in [5, 5.41) is 9.97. The number of aromatic amines is 1. The molecule has 1 amide bonds. The largest absolute Gasteiger partial charge is 0.454 e. The maximum absolute atomic E-state index is 12.5. The fourth-order valence-corrected chi connectivity index (χ4v) is 2.74. The first-order valence-electron chi connectivity index (χ1n) is 8.02. The van der Waals surface area contributed by atoms with Gasteiger partial charge in [0, 0.05) is 5.56 Å². The topological polar surface area (TPSA) is 76.2 Å². The van der Waals surface area contributed by atoms with Gasteiger partial charge in [-0.25, -0.2) is 0 Å². The van der Waals surface area contributed by atoms with Gasteiger partial charge in [0.05, 0.1) is 11.7 Å². The maximum Gasteiger partial charge on any atom is 0.269 e. The summed E-state index contributed by atoms with van der Waals surface area (Å²) >= 11 is 0. The number of benzene rings is 2. The average Bonchev–Trinajstić information content (AvgIpc) is 3.31. The van der Waals surface area contributed by atoms with E-state index < -0.39 is 0 Å². The molecule has 0 radical (unpaired) electrons. The van der Waals surface area contributed by atoms with E-state index in [2.05, 4.69) is 15.5 Å². The smallest absolute Gasteiger partial charge is 0.269 e. The van der Waals surface area contributed by atoms with Crippen molar-refractivity contribution in [2.24, 2.45) is 0 Å². The third kappa shape index (κ3) is 3.06. The van der Waals surface area contributed by atoms with Crippen LogP contribution in [-0.2, 0) is 0 Å². The summed E-state index contributed by atoms with van der Waals surface area (Å²) in [7, 11) is 0. The van der Waals surface area contributed by atoms with Crippen LogP contribution in [-0.4, -0.2) is 22.9 Å². The number of fused-ring (bicyclic) bond motifs is 1. The van der Waals surface area contributed by atoms with Crippen molar-refractivity contribution in [3.05, 3.63) is 65.9 Å². The lowest BCUT2D eigenvalue weighted by Crippen LogP contribution is -2.26. The average molecular weight is 335 g/mol. The van der Waals surface area contributed by atoms with E-state index in [9.17, 15) is 4.79 Å². The second-order valence-electron chi connectivity index (χ2n) is 5.84. The van der Waals surface area contributed by atoms with E-state index in [0.717, 1.165) is 22.6 Å². The molecule has 1 aliphatic rings. The number of hydrogen-bond donors (Lipinski definition) is 2. The quantitative estimate of drug-likeness (QED) is 0.767. The first kappa shape index (κ1) is 15.3. The Balaban J connectivity index is 1.47. The molecule has 2 heterocycles. The number of rotatable bonds is 4. The number of carbonyl (C=O) groups excluding carboxylic acids is 1. The van der Waals surface area contributed by atoms with Gasteiger partial charge >= 0.3 is 0 Å². The van der Waals surface area contributed by atoms with Crippen LogP contribution in [0.2, 0.25) is 0 Å². The first-order valence-corrected chi connectivity index (χ1v) is 8.02. The molecule has 6 heteroatoms. The molecule has 3 aromatic rings. The Morgan fingerprint density at radius 1 is 1.12 bits per heavy atom. The SMILES string of the molecule is C[C@@H](NC(=O)c1cc(-c2ccccc2)n[nH]1)c1ccc2c(c1)OCO2. The number of H-pyrrole nitrogens is 1. The zero-order valence-electron chi connectivity index (χ0n) is 13.7. The van der Waals surface area contributed by atoms with Crippen molar-refractivity contribution in [3.63, 3.8) is 0 Å². The Hall–Kier alpha value is -3.28. The van der Waals surface area contributed by atoms with Gasteiger partial charge in [-0.05, 0) is 30.7 Å². The zero-order chi connectivity index (χ0) is 17.2. The van der Waals surface area contributed by atoms with Gasteiger partial charge in [0.2, 0.25) is 6.79 Å². The first-order chi connectivity index (χ1) is 12.2. The van der Waals surface area contributed by atoms with Gasteiger partial charge in [0.1, 0.15) is 5.69 Å². The van der Waals surface area contributed by atoms with E-state index in [4.69, 9.17) is 9.47 Å². The molecule has 4 rings (SSSR count). The van der Waals surface area contributed by atoms with Gasteiger partial charge in [-0.15, -0.1) is 0 Å². The third-order valence-electron chi connectivity index (χ3n) is 4.14. The van der Waals surface area contributed by atoms with Crippen LogP contribution >= 0.6 is 0 Å². The van der Waals surface area contributed by atoms with E-state index in [1.807, 2.05) is 55.5 Å². The van der Waals surface area contributed by atoms with Crippen molar-refractivity contribution in [3.8, 4) is 22.8 Å². The summed E-state index contributed by atoms with van der Waals surface area (Å²) in [6, 6.07) is 16.9. The Labute approximate surface area is 144 Å². The van der Waals surface area contributed by atoms with E-state index in [1.165, 1.54) is 0 Å². The highest BCUT2D eigenvalue weighted by Crippen LogP contribution is 2.34. The monoisotopic (exact) mass is 335 g/mol. The minimum absolute atomic E-state index is 0.175. The number of nitrogens with one attached hydrogen (secondary N) is 2. The summed E-state index contributed by atoms with van der Waals surface area (Å²) < 4.78 is 10.7. The molecule has 2 aromatic carbocycles. The lowest BCUT2D eigenvalue weighted by atomic mass is 10.1. The van der Waals surface area contributed by atoms with Gasteiger partial charge in [-0.2, -0.15) is 5.10 Å². The molecule has 126 valence electrons. The Morgan fingerprint density at radius 2 is 1.92 bits per heavy atom. The molecule has 1 aliphatic heterocycles. The highest BCUT2D eigenvalue weighted by Gasteiger charge is 2.18. The number of nitrogens with zero attached hydrogens (tertiary/aromatic N) is 1. The van der Waals surface area contributed by atoms with Crippen molar-refractivity contribution in [1.82, 2.24) is 15.5 Å². The Kier molecular flexibility index (Phi) is 3.85. The number of aromatic nitrogens is 2. The van der Waals surface area contributed by atoms with Crippen LogP contribution in [0, 0.1) is 0 Å². The molecule has 0 saturated carbocycles. The molecular weight excluding hydrogens is 318 g/mol. The number of hydrogen-bond acceptors (Lipinski definition) is 4. The zero-order valence-corrected chi connectivity index (χ0v) is 13.7. The third-order valence-corrected chi connectivity index (χ3v) is 4.14. The molecule has 0 saturated heterocycles. The van der Waals surface area contributed by atoms with Crippen LogP contribution in [0.4, 0.5) is 0 Å². The van der Waals surface area contributed by atoms with Crippen LogP contribution in [0.5, 0.6) is 11.5 Å². The molecule has 2 N–H and O–H groups in total. The molecule has 0 spiro atoms. The molecule has 0 bridgehead atoms. The summed E-state index contributed by atoms with van der Waals surface area (Å²) in [6.45, 7) is 2.15. The Bertz CT molecular complexity index is 905. The van der Waals surface area contributed by atoms with Gasteiger partial charge < -0.3 is 14.8 Å². The van der Waals surface area contributed by atoms with Crippen molar-refractivity contribution >= 4 is 5.91 Å². The van der Waals surface area contributed by atoms with Gasteiger partial charge in [0.25, 0.3) is 5.91 Å². The van der Waals surface area contributed by atoms with Crippen LogP contribution in [0.1, 0.15) is 29.0 Å². The number of carbonyl (C=O) groups is 1. The summed E-state index contributed by atoms with van der Waals surface area (Å²) in [5.74, 6) is 1.22. The predicted octanol–water partition coefficient (Wildman–Crippen LogP) is 3.30. The second kappa shape index (κ2) is 6.32. The van der Waals surface area contributed by atoms with Crippen molar-refractivity contribution in [2.45, 2.75) is 13.0 Å². The summed E-state index contributed by atoms with van der Waals surface area (Å²) in [6.07, 6.45) is 0. The van der Waals surface area contributed by atoms with E-state index in [-0.39, 0.29) is 18.7 Å². The van der Waals surface area contributed by atoms with Crippen molar-refractivity contribution in [2.75, 3.05) is 6.79 Å². The van der Waals surface area contributed by atoms with Crippen LogP contribution in [0.15, 0.2) is 54.6 Å². The predicted molar refractivity (Wildman–Crippen MR) is 92.5 cm³/mol. The summed E-state index contributed by atoms with van der Waals surface area (Å²) in [5.41, 5.74) is 3.06.